The van der Waals surface area contributed by atoms with E-state index in [-0.39, 0.29) is 6.03 Å². The first-order valence-electron chi connectivity index (χ1n) is 5.74. The van der Waals surface area contributed by atoms with E-state index < -0.39 is 0 Å². The molecule has 2 aliphatic rings. The van der Waals surface area contributed by atoms with Gasteiger partial charge < -0.3 is 15.5 Å². The molecule has 2 saturated heterocycles. The van der Waals surface area contributed by atoms with E-state index in [9.17, 15) is 4.79 Å². The number of carbonyl (C=O) groups excluding carboxylic acids is 1. The van der Waals surface area contributed by atoms with Crippen LogP contribution in [0.2, 0.25) is 0 Å². The number of hydrogen-bond donors (Lipinski definition) is 2. The molecule has 0 radical (unpaired) electrons. The molecule has 0 aromatic heterocycles. The van der Waals surface area contributed by atoms with Gasteiger partial charge in [-0.25, -0.2) is 4.79 Å². The van der Waals surface area contributed by atoms with Gasteiger partial charge in [-0.1, -0.05) is 0 Å². The maximum absolute atomic E-state index is 11.4. The quantitative estimate of drug-likeness (QED) is 0.651. The van der Waals surface area contributed by atoms with Gasteiger partial charge in [-0.2, -0.15) is 0 Å². The Balaban J connectivity index is 1.70. The van der Waals surface area contributed by atoms with Gasteiger partial charge in [-0.15, -0.1) is 0 Å². The molecule has 0 spiro atoms. The van der Waals surface area contributed by atoms with Gasteiger partial charge >= 0.3 is 6.03 Å². The fraction of sp³-hybridized carbons (Fsp3) is 0.900. The Labute approximate surface area is 90.8 Å². The normalized spacial score (nSPS) is 28.2. The molecule has 2 N–H and O–H groups in total. The first-order chi connectivity index (χ1) is 7.25. The van der Waals surface area contributed by atoms with Crippen molar-refractivity contribution < 1.29 is 4.79 Å². The fourth-order valence-corrected chi connectivity index (χ4v) is 2.15. The van der Waals surface area contributed by atoms with Crippen molar-refractivity contribution in [2.75, 3.05) is 45.8 Å². The maximum Gasteiger partial charge on any atom is 0.317 e. The van der Waals surface area contributed by atoms with Crippen molar-refractivity contribution in [1.29, 1.82) is 0 Å². The second-order valence-corrected chi connectivity index (χ2v) is 4.39. The molecular weight excluding hydrogens is 192 g/mol. The number of amides is 2. The summed E-state index contributed by atoms with van der Waals surface area (Å²) in [6.45, 7) is 9.10. The van der Waals surface area contributed by atoms with Crippen molar-refractivity contribution in [2.45, 2.75) is 13.0 Å². The van der Waals surface area contributed by atoms with Gasteiger partial charge in [-0.05, 0) is 6.92 Å². The Morgan fingerprint density at radius 3 is 2.67 bits per heavy atom. The van der Waals surface area contributed by atoms with Crippen molar-refractivity contribution in [3.63, 3.8) is 0 Å². The molecule has 2 aliphatic heterocycles. The monoisotopic (exact) mass is 212 g/mol. The van der Waals surface area contributed by atoms with Crippen LogP contribution in [-0.2, 0) is 0 Å². The fourth-order valence-electron chi connectivity index (χ4n) is 2.15. The van der Waals surface area contributed by atoms with Gasteiger partial charge in [-0.3, -0.25) is 4.90 Å². The first kappa shape index (κ1) is 10.7. The lowest BCUT2D eigenvalue weighted by Crippen LogP contribution is -2.46. The Morgan fingerprint density at radius 2 is 2.07 bits per heavy atom. The Hall–Kier alpha value is -0.810. The second-order valence-electron chi connectivity index (χ2n) is 4.39. The van der Waals surface area contributed by atoms with Crippen molar-refractivity contribution in [1.82, 2.24) is 20.4 Å². The van der Waals surface area contributed by atoms with Gasteiger partial charge in [0.1, 0.15) is 0 Å². The summed E-state index contributed by atoms with van der Waals surface area (Å²) in [5.74, 6) is 0. The predicted molar refractivity (Wildman–Crippen MR) is 58.9 cm³/mol. The van der Waals surface area contributed by atoms with E-state index in [1.165, 1.54) is 0 Å². The molecule has 0 aromatic rings. The molecule has 2 rings (SSSR count). The summed E-state index contributed by atoms with van der Waals surface area (Å²) in [6, 6.07) is 0.401. The van der Waals surface area contributed by atoms with Gasteiger partial charge in [0.2, 0.25) is 0 Å². The maximum atomic E-state index is 11.4. The number of nitrogens with one attached hydrogen (secondary N) is 2. The van der Waals surface area contributed by atoms with Crippen LogP contribution in [-0.4, -0.2) is 67.7 Å². The number of hydrogen-bond acceptors (Lipinski definition) is 3. The molecule has 1 unspecified atom stereocenters. The number of urea groups is 1. The van der Waals surface area contributed by atoms with E-state index in [0.29, 0.717) is 6.04 Å². The average Bonchev–Trinajstić information content (AvgIpc) is 2.56. The molecule has 0 saturated carbocycles. The molecule has 2 fully saturated rings. The number of carbonyl (C=O) groups is 1. The van der Waals surface area contributed by atoms with Gasteiger partial charge in [0.05, 0.1) is 0 Å². The SMILES string of the molecule is CC1CN(CCN2CCNCC2)C(=O)N1. The number of rotatable bonds is 3. The summed E-state index contributed by atoms with van der Waals surface area (Å²) in [4.78, 5) is 15.8. The lowest BCUT2D eigenvalue weighted by molar-refractivity contribution is 0.192. The van der Waals surface area contributed by atoms with Crippen LogP contribution in [0.1, 0.15) is 6.92 Å². The molecule has 5 heteroatoms. The van der Waals surface area contributed by atoms with Gasteiger partial charge in [0.15, 0.2) is 0 Å². The highest BCUT2D eigenvalue weighted by atomic mass is 16.2. The van der Waals surface area contributed by atoms with Crippen LogP contribution in [0.5, 0.6) is 0 Å². The van der Waals surface area contributed by atoms with E-state index >= 15 is 0 Å². The van der Waals surface area contributed by atoms with Crippen LogP contribution in [0.4, 0.5) is 4.79 Å². The largest absolute Gasteiger partial charge is 0.334 e. The first-order valence-corrected chi connectivity index (χ1v) is 5.74. The minimum atomic E-state index is 0.0950. The molecular formula is C10H20N4O. The Morgan fingerprint density at radius 1 is 1.33 bits per heavy atom. The zero-order valence-corrected chi connectivity index (χ0v) is 9.33. The summed E-state index contributed by atoms with van der Waals surface area (Å²) >= 11 is 0. The number of piperazine rings is 1. The van der Waals surface area contributed by atoms with Crippen LogP contribution >= 0.6 is 0 Å². The zero-order valence-electron chi connectivity index (χ0n) is 9.33. The average molecular weight is 212 g/mol. The van der Waals surface area contributed by atoms with E-state index in [2.05, 4.69) is 15.5 Å². The van der Waals surface area contributed by atoms with Gasteiger partial charge in [0, 0.05) is 51.9 Å². The van der Waals surface area contributed by atoms with Crippen molar-refractivity contribution in [3.05, 3.63) is 0 Å². The van der Waals surface area contributed by atoms with Crippen LogP contribution in [0.15, 0.2) is 0 Å². The molecule has 2 heterocycles. The topological polar surface area (TPSA) is 47.6 Å². The minimum absolute atomic E-state index is 0.0950. The van der Waals surface area contributed by atoms with E-state index in [1.54, 1.807) is 0 Å². The van der Waals surface area contributed by atoms with Gasteiger partial charge in [0.25, 0.3) is 0 Å². The summed E-state index contributed by atoms with van der Waals surface area (Å²) in [5, 5.41) is 6.23. The van der Waals surface area contributed by atoms with Crippen LogP contribution in [0, 0.1) is 0 Å². The summed E-state index contributed by atoms with van der Waals surface area (Å²) < 4.78 is 0. The summed E-state index contributed by atoms with van der Waals surface area (Å²) in [6.07, 6.45) is 0. The van der Waals surface area contributed by atoms with E-state index in [0.717, 1.165) is 45.8 Å². The van der Waals surface area contributed by atoms with Crippen molar-refractivity contribution in [2.24, 2.45) is 0 Å². The molecule has 0 aromatic carbocycles. The highest BCUT2D eigenvalue weighted by molar-refractivity contribution is 5.76. The lowest BCUT2D eigenvalue weighted by atomic mass is 10.3. The Bertz CT molecular complexity index is 227. The summed E-state index contributed by atoms with van der Waals surface area (Å²) in [7, 11) is 0. The molecule has 86 valence electrons. The standard InChI is InChI=1S/C10H20N4O/c1-9-8-14(10(15)12-9)7-6-13-4-2-11-3-5-13/h9,11H,2-8H2,1H3,(H,12,15). The molecule has 1 atom stereocenters. The predicted octanol–water partition coefficient (Wildman–Crippen LogP) is -0.695. The van der Waals surface area contributed by atoms with Crippen LogP contribution in [0.3, 0.4) is 0 Å². The zero-order chi connectivity index (χ0) is 10.7. The van der Waals surface area contributed by atoms with E-state index in [1.807, 2.05) is 11.8 Å². The van der Waals surface area contributed by atoms with E-state index in [4.69, 9.17) is 0 Å². The van der Waals surface area contributed by atoms with Crippen LogP contribution in [0.25, 0.3) is 0 Å². The second kappa shape index (κ2) is 4.81. The van der Waals surface area contributed by atoms with Crippen LogP contribution < -0.4 is 10.6 Å². The molecule has 0 aliphatic carbocycles. The third-order valence-electron chi connectivity index (χ3n) is 3.05. The number of nitrogens with zero attached hydrogens (tertiary/aromatic N) is 2. The third-order valence-corrected chi connectivity index (χ3v) is 3.05. The lowest BCUT2D eigenvalue weighted by Gasteiger charge is -2.28. The smallest absolute Gasteiger partial charge is 0.317 e. The van der Waals surface area contributed by atoms with Crippen molar-refractivity contribution in [3.8, 4) is 0 Å². The molecule has 5 nitrogen and oxygen atoms in total. The highest BCUT2D eigenvalue weighted by Gasteiger charge is 2.25. The molecule has 0 bridgehead atoms. The third kappa shape index (κ3) is 2.82. The molecule has 15 heavy (non-hydrogen) atoms. The van der Waals surface area contributed by atoms with Crippen molar-refractivity contribution >= 4 is 6.03 Å². The Kier molecular flexibility index (Phi) is 3.43. The summed E-state index contributed by atoms with van der Waals surface area (Å²) in [5.41, 5.74) is 0. The highest BCUT2D eigenvalue weighted by Crippen LogP contribution is 2.03. The minimum Gasteiger partial charge on any atom is -0.334 e. The molecule has 2 amide bonds.